The van der Waals surface area contributed by atoms with E-state index in [1.54, 1.807) is 30.0 Å². The van der Waals surface area contributed by atoms with Crippen LogP contribution in [0.15, 0.2) is 28.7 Å². The Hall–Kier alpha value is -1.38. The SMILES string of the molecule is CSCCC(NC(=O)c1ccccc1Br)C(=O)Nc1nc(C)c(C)s1. The van der Waals surface area contributed by atoms with Crippen LogP contribution in [0, 0.1) is 13.8 Å². The molecule has 0 fully saturated rings. The van der Waals surface area contributed by atoms with E-state index in [2.05, 4.69) is 31.5 Å². The molecule has 2 rings (SSSR count). The number of aryl methyl sites for hydroxylation is 2. The maximum atomic E-state index is 12.6. The first-order valence-electron chi connectivity index (χ1n) is 7.71. The van der Waals surface area contributed by atoms with Crippen molar-refractivity contribution >= 4 is 56.0 Å². The molecule has 5 nitrogen and oxygen atoms in total. The summed E-state index contributed by atoms with van der Waals surface area (Å²) in [5, 5.41) is 6.21. The number of carbonyl (C=O) groups is 2. The van der Waals surface area contributed by atoms with Gasteiger partial charge >= 0.3 is 0 Å². The van der Waals surface area contributed by atoms with Gasteiger partial charge in [-0.15, -0.1) is 11.3 Å². The Bertz CT molecular complexity index is 745. The summed E-state index contributed by atoms with van der Waals surface area (Å²) in [5.74, 6) is 0.244. The standard InChI is InChI=1S/C17H20BrN3O2S2/c1-10-11(2)25-17(19-10)21-16(23)14(8-9-24-3)20-15(22)12-6-4-5-7-13(12)18/h4-7,14H,8-9H2,1-3H3,(H,20,22)(H,19,21,23). The molecule has 1 heterocycles. The first-order valence-corrected chi connectivity index (χ1v) is 10.7. The Kier molecular flexibility index (Phi) is 7.46. The van der Waals surface area contributed by atoms with Crippen molar-refractivity contribution in [2.24, 2.45) is 0 Å². The second kappa shape index (κ2) is 9.35. The second-order valence-corrected chi connectivity index (χ2v) is 8.48. The van der Waals surface area contributed by atoms with E-state index < -0.39 is 6.04 Å². The Morgan fingerprint density at radius 3 is 2.64 bits per heavy atom. The molecule has 0 radical (unpaired) electrons. The fraction of sp³-hybridized carbons (Fsp3) is 0.353. The van der Waals surface area contributed by atoms with Crippen LogP contribution in [0.4, 0.5) is 5.13 Å². The maximum absolute atomic E-state index is 12.6. The molecule has 1 unspecified atom stereocenters. The summed E-state index contributed by atoms with van der Waals surface area (Å²) in [5.41, 5.74) is 1.41. The highest BCUT2D eigenvalue weighted by Gasteiger charge is 2.23. The quantitative estimate of drug-likeness (QED) is 0.680. The van der Waals surface area contributed by atoms with Gasteiger partial charge in [0.15, 0.2) is 5.13 Å². The number of amides is 2. The number of nitrogens with zero attached hydrogens (tertiary/aromatic N) is 1. The van der Waals surface area contributed by atoms with Gasteiger partial charge in [0.05, 0.1) is 11.3 Å². The highest BCUT2D eigenvalue weighted by atomic mass is 79.9. The van der Waals surface area contributed by atoms with Crippen LogP contribution in [0.2, 0.25) is 0 Å². The predicted octanol–water partition coefficient (Wildman–Crippen LogP) is 4.01. The zero-order valence-electron chi connectivity index (χ0n) is 14.3. The molecule has 0 saturated heterocycles. The molecule has 25 heavy (non-hydrogen) atoms. The predicted molar refractivity (Wildman–Crippen MR) is 109 cm³/mol. The molecule has 0 aliphatic rings. The maximum Gasteiger partial charge on any atom is 0.253 e. The lowest BCUT2D eigenvalue weighted by Gasteiger charge is -2.18. The Morgan fingerprint density at radius 2 is 2.04 bits per heavy atom. The molecule has 0 aliphatic heterocycles. The topological polar surface area (TPSA) is 71.1 Å². The minimum Gasteiger partial charge on any atom is -0.340 e. The third kappa shape index (κ3) is 5.55. The van der Waals surface area contributed by atoms with Crippen LogP contribution >= 0.6 is 39.0 Å². The summed E-state index contributed by atoms with van der Waals surface area (Å²) in [6.45, 7) is 3.87. The summed E-state index contributed by atoms with van der Waals surface area (Å²) >= 11 is 6.43. The molecule has 2 aromatic rings. The minimum absolute atomic E-state index is 0.247. The number of rotatable bonds is 7. The highest BCUT2D eigenvalue weighted by Crippen LogP contribution is 2.21. The summed E-state index contributed by atoms with van der Waals surface area (Å²) in [7, 11) is 0. The molecule has 0 aliphatic carbocycles. The molecule has 0 saturated carbocycles. The third-order valence-corrected chi connectivity index (χ3v) is 5.93. The minimum atomic E-state index is -0.614. The number of thioether (sulfide) groups is 1. The van der Waals surface area contributed by atoms with E-state index >= 15 is 0 Å². The zero-order valence-corrected chi connectivity index (χ0v) is 17.5. The Morgan fingerprint density at radius 1 is 1.32 bits per heavy atom. The molecule has 0 bridgehead atoms. The monoisotopic (exact) mass is 441 g/mol. The normalized spacial score (nSPS) is 11.8. The fourth-order valence-corrected chi connectivity index (χ4v) is 3.86. The number of anilines is 1. The average Bonchev–Trinajstić information content (AvgIpc) is 2.89. The van der Waals surface area contributed by atoms with Crippen LogP contribution < -0.4 is 10.6 Å². The van der Waals surface area contributed by atoms with Gasteiger partial charge in [-0.1, -0.05) is 12.1 Å². The van der Waals surface area contributed by atoms with E-state index in [1.165, 1.54) is 11.3 Å². The number of benzene rings is 1. The average molecular weight is 442 g/mol. The highest BCUT2D eigenvalue weighted by molar-refractivity contribution is 9.10. The van der Waals surface area contributed by atoms with Crippen molar-refractivity contribution in [3.8, 4) is 0 Å². The van der Waals surface area contributed by atoms with Crippen LogP contribution in [0.25, 0.3) is 0 Å². The van der Waals surface area contributed by atoms with Gasteiger partial charge in [-0.2, -0.15) is 11.8 Å². The first kappa shape index (κ1) is 19.9. The van der Waals surface area contributed by atoms with Gasteiger partial charge in [-0.3, -0.25) is 9.59 Å². The third-order valence-electron chi connectivity index (χ3n) is 3.61. The van der Waals surface area contributed by atoms with E-state index in [4.69, 9.17) is 0 Å². The van der Waals surface area contributed by atoms with Gasteiger partial charge in [0, 0.05) is 9.35 Å². The zero-order chi connectivity index (χ0) is 18.4. The van der Waals surface area contributed by atoms with E-state index in [1.807, 2.05) is 26.2 Å². The van der Waals surface area contributed by atoms with Crippen LogP contribution in [0.3, 0.4) is 0 Å². The van der Waals surface area contributed by atoms with E-state index in [0.717, 1.165) is 16.3 Å². The Labute approximate surface area is 164 Å². The van der Waals surface area contributed by atoms with Crippen LogP contribution in [-0.4, -0.2) is 34.8 Å². The molecular formula is C17H20BrN3O2S2. The lowest BCUT2D eigenvalue weighted by Crippen LogP contribution is -2.44. The fourth-order valence-electron chi connectivity index (χ4n) is 2.10. The van der Waals surface area contributed by atoms with Crippen LogP contribution in [0.1, 0.15) is 27.3 Å². The number of nitrogens with one attached hydrogen (secondary N) is 2. The second-order valence-electron chi connectivity index (χ2n) is 5.44. The van der Waals surface area contributed by atoms with E-state index in [0.29, 0.717) is 21.6 Å². The molecule has 0 spiro atoms. The molecule has 1 aromatic heterocycles. The van der Waals surface area contributed by atoms with Gasteiger partial charge < -0.3 is 10.6 Å². The van der Waals surface area contributed by atoms with Gasteiger partial charge in [0.25, 0.3) is 5.91 Å². The summed E-state index contributed by atoms with van der Waals surface area (Å²) in [6.07, 6.45) is 2.52. The van der Waals surface area contributed by atoms with Crippen molar-refractivity contribution in [1.82, 2.24) is 10.3 Å². The molecule has 8 heteroatoms. The molecule has 2 N–H and O–H groups in total. The number of hydrogen-bond donors (Lipinski definition) is 2. The number of hydrogen-bond acceptors (Lipinski definition) is 5. The van der Waals surface area contributed by atoms with Crippen molar-refractivity contribution in [2.75, 3.05) is 17.3 Å². The smallest absolute Gasteiger partial charge is 0.253 e. The van der Waals surface area contributed by atoms with Crippen molar-refractivity contribution in [3.63, 3.8) is 0 Å². The lowest BCUT2D eigenvalue weighted by molar-refractivity contribution is -0.118. The summed E-state index contributed by atoms with van der Waals surface area (Å²) in [4.78, 5) is 30.5. The van der Waals surface area contributed by atoms with Crippen molar-refractivity contribution in [2.45, 2.75) is 26.3 Å². The summed E-state index contributed by atoms with van der Waals surface area (Å²) in [6, 6.07) is 6.53. The van der Waals surface area contributed by atoms with Crippen LogP contribution in [-0.2, 0) is 4.79 Å². The van der Waals surface area contributed by atoms with E-state index in [-0.39, 0.29) is 11.8 Å². The first-order chi connectivity index (χ1) is 11.9. The lowest BCUT2D eigenvalue weighted by atomic mass is 10.1. The van der Waals surface area contributed by atoms with Crippen molar-refractivity contribution in [1.29, 1.82) is 0 Å². The molecule has 1 aromatic carbocycles. The van der Waals surface area contributed by atoms with Gasteiger partial charge in [-0.25, -0.2) is 4.98 Å². The molecule has 1 atom stereocenters. The van der Waals surface area contributed by atoms with Gasteiger partial charge in [-0.05, 0) is 60.3 Å². The van der Waals surface area contributed by atoms with Gasteiger partial charge in [0.1, 0.15) is 6.04 Å². The van der Waals surface area contributed by atoms with Crippen LogP contribution in [0.5, 0.6) is 0 Å². The summed E-state index contributed by atoms with van der Waals surface area (Å²) < 4.78 is 0.697. The number of aromatic nitrogens is 1. The Balaban J connectivity index is 2.10. The van der Waals surface area contributed by atoms with Gasteiger partial charge in [0.2, 0.25) is 5.91 Å². The number of carbonyl (C=O) groups excluding carboxylic acids is 2. The molecular weight excluding hydrogens is 422 g/mol. The molecule has 134 valence electrons. The van der Waals surface area contributed by atoms with Crippen molar-refractivity contribution in [3.05, 3.63) is 44.9 Å². The number of thiazole rings is 1. The number of halogens is 1. The molecule has 2 amide bonds. The van der Waals surface area contributed by atoms with E-state index in [9.17, 15) is 9.59 Å². The largest absolute Gasteiger partial charge is 0.340 e. The van der Waals surface area contributed by atoms with Crippen molar-refractivity contribution < 1.29 is 9.59 Å².